The molecule has 1 saturated carbocycles. The number of aromatic nitrogens is 2. The van der Waals surface area contributed by atoms with Crippen LogP contribution < -0.4 is 10.6 Å². The Morgan fingerprint density at radius 3 is 2.76 bits per heavy atom. The van der Waals surface area contributed by atoms with E-state index in [1.165, 1.54) is 25.6 Å². The molecule has 0 radical (unpaired) electrons. The number of amides is 1. The average Bonchev–Trinajstić information content (AvgIpc) is 2.48. The van der Waals surface area contributed by atoms with Gasteiger partial charge in [-0.25, -0.2) is 9.97 Å². The molecule has 0 aliphatic heterocycles. The lowest BCUT2D eigenvalue weighted by Gasteiger charge is -2.22. The van der Waals surface area contributed by atoms with Crippen molar-refractivity contribution in [3.8, 4) is 0 Å². The van der Waals surface area contributed by atoms with Crippen molar-refractivity contribution in [2.45, 2.75) is 58.4 Å². The van der Waals surface area contributed by atoms with Crippen molar-refractivity contribution in [2.24, 2.45) is 5.92 Å². The third-order valence-electron chi connectivity index (χ3n) is 3.87. The fourth-order valence-electron chi connectivity index (χ4n) is 2.57. The van der Waals surface area contributed by atoms with E-state index >= 15 is 0 Å². The van der Waals surface area contributed by atoms with Crippen LogP contribution in [0.25, 0.3) is 0 Å². The van der Waals surface area contributed by atoms with E-state index in [-0.39, 0.29) is 5.91 Å². The van der Waals surface area contributed by atoms with Crippen LogP contribution in [0.1, 0.15) is 62.9 Å². The Morgan fingerprint density at radius 1 is 1.29 bits per heavy atom. The quantitative estimate of drug-likeness (QED) is 0.845. The van der Waals surface area contributed by atoms with E-state index in [1.807, 2.05) is 0 Å². The summed E-state index contributed by atoms with van der Waals surface area (Å²) in [7, 11) is 0. The number of anilines is 1. The number of carbonyl (C=O) groups is 1. The molecule has 1 aromatic heterocycles. The lowest BCUT2D eigenvalue weighted by molar-refractivity contribution is 0.0922. The first-order chi connectivity index (χ1) is 10.1. The summed E-state index contributed by atoms with van der Waals surface area (Å²) in [5.41, 5.74) is 0.447. The number of hydrogen-bond donors (Lipinski definition) is 2. The Hall–Kier alpha value is -1.65. The number of carbonyl (C=O) groups excluding carboxylic acids is 1. The van der Waals surface area contributed by atoms with E-state index in [1.54, 1.807) is 6.07 Å². The standard InChI is InChI=1S/C16H26N4O/c1-12(2)8-9-17-15-10-14(18-11-19-15)16(21)20-13-6-4-3-5-7-13/h10-13H,3-9H2,1-2H3,(H,20,21)(H,17,18,19). The van der Waals surface area contributed by atoms with E-state index in [9.17, 15) is 4.79 Å². The van der Waals surface area contributed by atoms with E-state index in [4.69, 9.17) is 0 Å². The summed E-state index contributed by atoms with van der Waals surface area (Å²) in [6, 6.07) is 2.04. The van der Waals surface area contributed by atoms with Gasteiger partial charge in [0, 0.05) is 18.7 Å². The van der Waals surface area contributed by atoms with Gasteiger partial charge in [-0.2, -0.15) is 0 Å². The van der Waals surface area contributed by atoms with Crippen LogP contribution >= 0.6 is 0 Å². The molecule has 2 N–H and O–H groups in total. The molecule has 1 aromatic rings. The molecule has 1 aliphatic rings. The van der Waals surface area contributed by atoms with Gasteiger partial charge < -0.3 is 10.6 Å². The summed E-state index contributed by atoms with van der Waals surface area (Å²) < 4.78 is 0. The molecule has 0 spiro atoms. The second-order valence-electron chi connectivity index (χ2n) is 6.21. The van der Waals surface area contributed by atoms with Crippen LogP contribution in [-0.2, 0) is 0 Å². The summed E-state index contributed by atoms with van der Waals surface area (Å²) >= 11 is 0. The minimum Gasteiger partial charge on any atom is -0.370 e. The van der Waals surface area contributed by atoms with Crippen molar-refractivity contribution in [3.05, 3.63) is 18.1 Å². The van der Waals surface area contributed by atoms with Gasteiger partial charge in [0.2, 0.25) is 0 Å². The minimum absolute atomic E-state index is 0.0868. The molecule has 2 rings (SSSR count). The highest BCUT2D eigenvalue weighted by Crippen LogP contribution is 2.17. The Morgan fingerprint density at radius 2 is 2.05 bits per heavy atom. The molecule has 0 atom stereocenters. The molecule has 0 saturated heterocycles. The van der Waals surface area contributed by atoms with Crippen molar-refractivity contribution < 1.29 is 4.79 Å². The third-order valence-corrected chi connectivity index (χ3v) is 3.87. The number of nitrogens with one attached hydrogen (secondary N) is 2. The highest BCUT2D eigenvalue weighted by atomic mass is 16.1. The lowest BCUT2D eigenvalue weighted by Crippen LogP contribution is -2.36. The van der Waals surface area contributed by atoms with Crippen LogP contribution in [-0.4, -0.2) is 28.5 Å². The molecule has 1 heterocycles. The second kappa shape index (κ2) is 7.96. The van der Waals surface area contributed by atoms with Crippen molar-refractivity contribution in [2.75, 3.05) is 11.9 Å². The molecular weight excluding hydrogens is 264 g/mol. The Bertz CT molecular complexity index is 455. The molecule has 5 heteroatoms. The van der Waals surface area contributed by atoms with Gasteiger partial charge in [-0.05, 0) is 25.2 Å². The number of nitrogens with zero attached hydrogens (tertiary/aromatic N) is 2. The highest BCUT2D eigenvalue weighted by Gasteiger charge is 2.17. The van der Waals surface area contributed by atoms with Gasteiger partial charge >= 0.3 is 0 Å². The SMILES string of the molecule is CC(C)CCNc1cc(C(=O)NC2CCCCC2)ncn1. The van der Waals surface area contributed by atoms with Crippen molar-refractivity contribution in [1.82, 2.24) is 15.3 Å². The van der Waals surface area contributed by atoms with Crippen molar-refractivity contribution >= 4 is 11.7 Å². The first-order valence-corrected chi connectivity index (χ1v) is 8.02. The van der Waals surface area contributed by atoms with Gasteiger partial charge in [-0.1, -0.05) is 33.1 Å². The topological polar surface area (TPSA) is 66.9 Å². The van der Waals surface area contributed by atoms with E-state index in [0.29, 0.717) is 17.7 Å². The molecule has 1 amide bonds. The van der Waals surface area contributed by atoms with Gasteiger partial charge in [0.1, 0.15) is 17.8 Å². The van der Waals surface area contributed by atoms with E-state index in [2.05, 4.69) is 34.4 Å². The van der Waals surface area contributed by atoms with Gasteiger partial charge in [0.25, 0.3) is 5.91 Å². The molecule has 0 unspecified atom stereocenters. The fraction of sp³-hybridized carbons (Fsp3) is 0.688. The lowest BCUT2D eigenvalue weighted by atomic mass is 9.95. The maximum Gasteiger partial charge on any atom is 0.270 e. The van der Waals surface area contributed by atoms with Gasteiger partial charge in [-0.3, -0.25) is 4.79 Å². The predicted molar refractivity (Wildman–Crippen MR) is 84.3 cm³/mol. The van der Waals surface area contributed by atoms with Crippen LogP contribution in [0.2, 0.25) is 0 Å². The molecular formula is C16H26N4O. The van der Waals surface area contributed by atoms with Gasteiger partial charge in [-0.15, -0.1) is 0 Å². The fourth-order valence-corrected chi connectivity index (χ4v) is 2.57. The van der Waals surface area contributed by atoms with E-state index < -0.39 is 0 Å². The Labute approximate surface area is 127 Å². The minimum atomic E-state index is -0.0868. The largest absolute Gasteiger partial charge is 0.370 e. The maximum absolute atomic E-state index is 12.2. The zero-order valence-electron chi connectivity index (χ0n) is 13.1. The van der Waals surface area contributed by atoms with Crippen LogP contribution in [0.5, 0.6) is 0 Å². The van der Waals surface area contributed by atoms with Gasteiger partial charge in [0.05, 0.1) is 0 Å². The molecule has 5 nitrogen and oxygen atoms in total. The first kappa shape index (κ1) is 15.7. The normalized spacial score (nSPS) is 16.0. The molecule has 0 aromatic carbocycles. The number of hydrogen-bond acceptors (Lipinski definition) is 4. The first-order valence-electron chi connectivity index (χ1n) is 8.02. The average molecular weight is 290 g/mol. The Balaban J connectivity index is 1.88. The molecule has 1 aliphatic carbocycles. The van der Waals surface area contributed by atoms with Crippen LogP contribution in [0.15, 0.2) is 12.4 Å². The summed E-state index contributed by atoms with van der Waals surface area (Å²) in [6.07, 6.45) is 8.38. The molecule has 1 fully saturated rings. The van der Waals surface area contributed by atoms with Crippen molar-refractivity contribution in [1.29, 1.82) is 0 Å². The van der Waals surface area contributed by atoms with Crippen LogP contribution in [0, 0.1) is 5.92 Å². The summed E-state index contributed by atoms with van der Waals surface area (Å²) in [5.74, 6) is 1.28. The smallest absolute Gasteiger partial charge is 0.270 e. The van der Waals surface area contributed by atoms with Crippen molar-refractivity contribution in [3.63, 3.8) is 0 Å². The summed E-state index contributed by atoms with van der Waals surface area (Å²) in [4.78, 5) is 20.5. The van der Waals surface area contributed by atoms with Crippen LogP contribution in [0.4, 0.5) is 5.82 Å². The Kier molecular flexibility index (Phi) is 5.96. The molecule has 116 valence electrons. The number of rotatable bonds is 6. The van der Waals surface area contributed by atoms with Crippen LogP contribution in [0.3, 0.4) is 0 Å². The summed E-state index contributed by atoms with van der Waals surface area (Å²) in [5, 5.41) is 6.32. The molecule has 0 bridgehead atoms. The second-order valence-corrected chi connectivity index (χ2v) is 6.21. The van der Waals surface area contributed by atoms with Gasteiger partial charge in [0.15, 0.2) is 0 Å². The van der Waals surface area contributed by atoms with E-state index in [0.717, 1.165) is 31.6 Å². The third kappa shape index (κ3) is 5.33. The molecule has 21 heavy (non-hydrogen) atoms. The summed E-state index contributed by atoms with van der Waals surface area (Å²) in [6.45, 7) is 5.23. The maximum atomic E-state index is 12.2. The zero-order valence-corrected chi connectivity index (χ0v) is 13.1. The zero-order chi connectivity index (χ0) is 15.1. The monoisotopic (exact) mass is 290 g/mol. The highest BCUT2D eigenvalue weighted by molar-refractivity contribution is 5.93. The predicted octanol–water partition coefficient (Wildman–Crippen LogP) is 3.00.